The summed E-state index contributed by atoms with van der Waals surface area (Å²) in [6.45, 7) is 2.98. The standard InChI is InChI=1S/C25H23N3O2/c1-16-27-24(20-6-4-5-18(13-20)17-7-10-26-11-8-17)25-21-15-23(30-3)22(29-2)14-19(21)9-12-28(16)25/h4-8,10-11,13-15H,9,12H2,1-3H3. The summed E-state index contributed by atoms with van der Waals surface area (Å²) in [5, 5.41) is 0. The van der Waals surface area contributed by atoms with Gasteiger partial charge in [-0.25, -0.2) is 4.98 Å². The molecule has 0 aliphatic carbocycles. The fraction of sp³-hybridized carbons (Fsp3) is 0.200. The molecular weight excluding hydrogens is 374 g/mol. The van der Waals surface area contributed by atoms with Crippen LogP contribution in [0.3, 0.4) is 0 Å². The van der Waals surface area contributed by atoms with Crippen LogP contribution in [0.25, 0.3) is 33.6 Å². The Balaban J connectivity index is 1.69. The molecule has 30 heavy (non-hydrogen) atoms. The number of imidazole rings is 1. The lowest BCUT2D eigenvalue weighted by Gasteiger charge is -2.22. The Hall–Kier alpha value is -3.60. The third-order valence-corrected chi connectivity index (χ3v) is 5.78. The minimum Gasteiger partial charge on any atom is -0.493 e. The number of aromatic nitrogens is 3. The highest BCUT2D eigenvalue weighted by Gasteiger charge is 2.26. The summed E-state index contributed by atoms with van der Waals surface area (Å²) in [6, 6.07) is 16.8. The average molecular weight is 397 g/mol. The van der Waals surface area contributed by atoms with Gasteiger partial charge in [0.1, 0.15) is 5.82 Å². The number of nitrogens with zero attached hydrogens (tertiary/aromatic N) is 3. The Kier molecular flexibility index (Phi) is 4.51. The fourth-order valence-electron chi connectivity index (χ4n) is 4.28. The van der Waals surface area contributed by atoms with E-state index in [2.05, 4.69) is 52.9 Å². The van der Waals surface area contributed by atoms with Gasteiger partial charge in [0.05, 0.1) is 25.6 Å². The van der Waals surface area contributed by atoms with Gasteiger partial charge in [0.2, 0.25) is 0 Å². The molecule has 1 aliphatic heterocycles. The smallest absolute Gasteiger partial charge is 0.161 e. The Morgan fingerprint density at radius 3 is 2.37 bits per heavy atom. The quantitative estimate of drug-likeness (QED) is 0.477. The Bertz CT molecular complexity index is 1230. The predicted octanol–water partition coefficient (Wildman–Crippen LogP) is 5.16. The van der Waals surface area contributed by atoms with Gasteiger partial charge < -0.3 is 14.0 Å². The van der Waals surface area contributed by atoms with Crippen molar-refractivity contribution in [2.45, 2.75) is 19.9 Å². The lowest BCUT2D eigenvalue weighted by molar-refractivity contribution is 0.354. The molecule has 5 nitrogen and oxygen atoms in total. The number of pyridine rings is 1. The van der Waals surface area contributed by atoms with Gasteiger partial charge in [0.25, 0.3) is 0 Å². The van der Waals surface area contributed by atoms with Crippen LogP contribution in [0.5, 0.6) is 11.5 Å². The van der Waals surface area contributed by atoms with Gasteiger partial charge in [-0.05, 0) is 60.4 Å². The molecule has 2 aromatic heterocycles. The molecule has 1 aliphatic rings. The largest absolute Gasteiger partial charge is 0.493 e. The van der Waals surface area contributed by atoms with Crippen LogP contribution < -0.4 is 9.47 Å². The molecule has 0 atom stereocenters. The molecule has 0 bridgehead atoms. The summed E-state index contributed by atoms with van der Waals surface area (Å²) in [4.78, 5) is 9.10. The first-order valence-electron chi connectivity index (χ1n) is 10.0. The van der Waals surface area contributed by atoms with E-state index in [9.17, 15) is 0 Å². The van der Waals surface area contributed by atoms with Gasteiger partial charge in [0.15, 0.2) is 11.5 Å². The minimum atomic E-state index is 0.736. The number of methoxy groups -OCH3 is 2. The van der Waals surface area contributed by atoms with E-state index in [1.54, 1.807) is 14.2 Å². The van der Waals surface area contributed by atoms with Gasteiger partial charge in [-0.2, -0.15) is 0 Å². The van der Waals surface area contributed by atoms with Gasteiger partial charge in [0, 0.05) is 30.1 Å². The number of aryl methyl sites for hydroxylation is 2. The van der Waals surface area contributed by atoms with Crippen molar-refractivity contribution in [3.05, 3.63) is 72.3 Å². The van der Waals surface area contributed by atoms with E-state index in [4.69, 9.17) is 14.5 Å². The van der Waals surface area contributed by atoms with Crippen LogP contribution in [-0.4, -0.2) is 28.8 Å². The maximum Gasteiger partial charge on any atom is 0.161 e. The van der Waals surface area contributed by atoms with Crippen LogP contribution in [0, 0.1) is 6.92 Å². The Morgan fingerprint density at radius 1 is 0.867 bits per heavy atom. The fourth-order valence-corrected chi connectivity index (χ4v) is 4.28. The number of hydrogen-bond acceptors (Lipinski definition) is 4. The molecule has 5 rings (SSSR count). The summed E-state index contributed by atoms with van der Waals surface area (Å²) in [7, 11) is 3.35. The van der Waals surface area contributed by atoms with E-state index in [1.807, 2.05) is 24.5 Å². The maximum atomic E-state index is 5.59. The second-order valence-electron chi connectivity index (χ2n) is 7.44. The maximum absolute atomic E-state index is 5.59. The van der Waals surface area contributed by atoms with E-state index in [0.29, 0.717) is 0 Å². The predicted molar refractivity (Wildman–Crippen MR) is 118 cm³/mol. The summed E-state index contributed by atoms with van der Waals surface area (Å²) < 4.78 is 13.4. The number of rotatable bonds is 4. The third kappa shape index (κ3) is 2.94. The van der Waals surface area contributed by atoms with Crippen molar-refractivity contribution in [1.29, 1.82) is 0 Å². The topological polar surface area (TPSA) is 49.2 Å². The highest BCUT2D eigenvalue weighted by Crippen LogP contribution is 2.43. The molecule has 3 heterocycles. The Labute approximate surface area is 176 Å². The molecule has 0 unspecified atom stereocenters. The first-order valence-corrected chi connectivity index (χ1v) is 10.0. The molecule has 0 spiro atoms. The Morgan fingerprint density at radius 2 is 1.60 bits per heavy atom. The zero-order valence-electron chi connectivity index (χ0n) is 17.3. The molecular formula is C25H23N3O2. The summed E-state index contributed by atoms with van der Waals surface area (Å²) >= 11 is 0. The number of ether oxygens (including phenoxy) is 2. The average Bonchev–Trinajstić information content (AvgIpc) is 3.15. The molecule has 0 N–H and O–H groups in total. The van der Waals surface area contributed by atoms with Crippen molar-refractivity contribution < 1.29 is 9.47 Å². The van der Waals surface area contributed by atoms with Crippen LogP contribution >= 0.6 is 0 Å². The molecule has 0 radical (unpaired) electrons. The van der Waals surface area contributed by atoms with Crippen LogP contribution in [0.2, 0.25) is 0 Å². The molecule has 0 amide bonds. The van der Waals surface area contributed by atoms with Crippen molar-refractivity contribution in [1.82, 2.24) is 14.5 Å². The molecule has 0 saturated heterocycles. The highest BCUT2D eigenvalue weighted by molar-refractivity contribution is 5.84. The highest BCUT2D eigenvalue weighted by atomic mass is 16.5. The lowest BCUT2D eigenvalue weighted by atomic mass is 9.93. The van der Waals surface area contributed by atoms with E-state index < -0.39 is 0 Å². The lowest BCUT2D eigenvalue weighted by Crippen LogP contribution is -2.12. The molecule has 150 valence electrons. The van der Waals surface area contributed by atoms with Gasteiger partial charge >= 0.3 is 0 Å². The first-order chi connectivity index (χ1) is 14.7. The summed E-state index contributed by atoms with van der Waals surface area (Å²) in [6.07, 6.45) is 4.58. The van der Waals surface area contributed by atoms with Gasteiger partial charge in [-0.3, -0.25) is 4.98 Å². The van der Waals surface area contributed by atoms with Crippen molar-refractivity contribution in [2.75, 3.05) is 14.2 Å². The van der Waals surface area contributed by atoms with E-state index in [1.165, 1.54) is 5.56 Å². The van der Waals surface area contributed by atoms with Crippen LogP contribution in [0.1, 0.15) is 11.4 Å². The number of benzene rings is 2. The van der Waals surface area contributed by atoms with Gasteiger partial charge in [-0.1, -0.05) is 18.2 Å². The summed E-state index contributed by atoms with van der Waals surface area (Å²) in [5.74, 6) is 2.52. The minimum absolute atomic E-state index is 0.736. The normalized spacial score (nSPS) is 12.2. The third-order valence-electron chi connectivity index (χ3n) is 5.78. The van der Waals surface area contributed by atoms with Crippen molar-refractivity contribution in [3.8, 4) is 45.1 Å². The molecule has 4 aromatic rings. The zero-order chi connectivity index (χ0) is 20.7. The second-order valence-corrected chi connectivity index (χ2v) is 7.44. The number of fused-ring (bicyclic) bond motifs is 3. The monoisotopic (exact) mass is 397 g/mol. The first kappa shape index (κ1) is 18.4. The molecule has 5 heteroatoms. The SMILES string of the molecule is COc1cc2c(cc1OC)-c1c(-c3cccc(-c4ccncc4)c3)nc(C)n1CC2. The van der Waals surface area contributed by atoms with Gasteiger partial charge in [-0.15, -0.1) is 0 Å². The van der Waals surface area contributed by atoms with Crippen LogP contribution in [-0.2, 0) is 13.0 Å². The van der Waals surface area contributed by atoms with Crippen molar-refractivity contribution in [3.63, 3.8) is 0 Å². The van der Waals surface area contributed by atoms with E-state index >= 15 is 0 Å². The van der Waals surface area contributed by atoms with Crippen LogP contribution in [0.4, 0.5) is 0 Å². The zero-order valence-corrected chi connectivity index (χ0v) is 17.3. The van der Waals surface area contributed by atoms with E-state index in [0.717, 1.165) is 63.9 Å². The molecule has 0 fully saturated rings. The van der Waals surface area contributed by atoms with Crippen molar-refractivity contribution >= 4 is 0 Å². The molecule has 2 aromatic carbocycles. The van der Waals surface area contributed by atoms with Crippen molar-refractivity contribution in [2.24, 2.45) is 0 Å². The summed E-state index contributed by atoms with van der Waals surface area (Å²) in [5.41, 5.74) is 7.94. The number of hydrogen-bond donors (Lipinski definition) is 0. The molecule has 0 saturated carbocycles. The van der Waals surface area contributed by atoms with Crippen LogP contribution in [0.15, 0.2) is 60.9 Å². The van der Waals surface area contributed by atoms with E-state index in [-0.39, 0.29) is 0 Å². The second kappa shape index (κ2) is 7.34.